The second-order valence-electron chi connectivity index (χ2n) is 7.59. The predicted molar refractivity (Wildman–Crippen MR) is 127 cm³/mol. The molecule has 176 valence electrons. The Balaban J connectivity index is 1.55. The lowest BCUT2D eigenvalue weighted by Gasteiger charge is -2.23. The Hall–Kier alpha value is -3.40. The fourth-order valence-corrected chi connectivity index (χ4v) is 3.82. The normalized spacial score (nSPS) is 11.8. The second-order valence-corrected chi connectivity index (χ2v) is 8.53. The molecule has 0 aliphatic carbocycles. The molecule has 1 aromatic heterocycles. The lowest BCUT2D eigenvalue weighted by Crippen LogP contribution is -2.33. The molecule has 1 heterocycles. The quantitative estimate of drug-likeness (QED) is 0.324. The highest BCUT2D eigenvalue weighted by Gasteiger charge is 2.20. The Labute approximate surface area is 197 Å². The number of methoxy groups -OCH3 is 2. The monoisotopic (exact) mass is 471 g/mol. The van der Waals surface area contributed by atoms with Gasteiger partial charge in [0.2, 0.25) is 11.1 Å². The van der Waals surface area contributed by atoms with Crippen LogP contribution in [0.25, 0.3) is 0 Å². The molecule has 1 atom stereocenters. The average Bonchev–Trinajstić information content (AvgIpc) is 3.19. The minimum atomic E-state index is -0.119. The number of carbonyl (C=O) groups is 1. The third kappa shape index (κ3) is 6.55. The zero-order valence-electron chi connectivity index (χ0n) is 19.1. The maximum absolute atomic E-state index is 12.6. The van der Waals surface area contributed by atoms with Crippen LogP contribution in [-0.4, -0.2) is 40.8 Å². The van der Waals surface area contributed by atoms with Crippen LogP contribution in [0.1, 0.15) is 31.3 Å². The van der Waals surface area contributed by atoms with Crippen molar-refractivity contribution in [1.82, 2.24) is 20.2 Å². The zero-order chi connectivity index (χ0) is 23.8. The molecule has 0 fully saturated rings. The van der Waals surface area contributed by atoms with E-state index in [1.165, 1.54) is 16.4 Å². The van der Waals surface area contributed by atoms with Crippen LogP contribution in [0.4, 0.5) is 0 Å². The van der Waals surface area contributed by atoms with E-state index in [0.717, 1.165) is 11.3 Å². The SMILES string of the molecule is COc1ccc(C(NC(=O)CSc2nnc(COc3cccc(OC)c3)n2N)C(C)C)cc1. The summed E-state index contributed by atoms with van der Waals surface area (Å²) in [7, 11) is 3.22. The van der Waals surface area contributed by atoms with E-state index in [2.05, 4.69) is 29.4 Å². The molecule has 3 rings (SSSR count). The number of amides is 1. The van der Waals surface area contributed by atoms with E-state index in [0.29, 0.717) is 22.5 Å². The lowest BCUT2D eigenvalue weighted by molar-refractivity contribution is -0.119. The van der Waals surface area contributed by atoms with Gasteiger partial charge < -0.3 is 25.4 Å². The van der Waals surface area contributed by atoms with Gasteiger partial charge in [0.25, 0.3) is 0 Å². The summed E-state index contributed by atoms with van der Waals surface area (Å²) < 4.78 is 17.4. The van der Waals surface area contributed by atoms with Gasteiger partial charge in [0.1, 0.15) is 23.9 Å². The molecule has 0 aliphatic heterocycles. The first kappa shape index (κ1) is 24.2. The van der Waals surface area contributed by atoms with Crippen LogP contribution >= 0.6 is 11.8 Å². The molecule has 0 radical (unpaired) electrons. The fraction of sp³-hybridized carbons (Fsp3) is 0.348. The van der Waals surface area contributed by atoms with Crippen LogP contribution in [-0.2, 0) is 11.4 Å². The Kier molecular flexibility index (Phi) is 8.42. The van der Waals surface area contributed by atoms with E-state index in [9.17, 15) is 4.79 Å². The number of carbonyl (C=O) groups excluding carboxylic acids is 1. The topological polar surface area (TPSA) is 114 Å². The smallest absolute Gasteiger partial charge is 0.230 e. The number of nitrogens with zero attached hydrogens (tertiary/aromatic N) is 3. The van der Waals surface area contributed by atoms with Gasteiger partial charge in [-0.3, -0.25) is 4.79 Å². The van der Waals surface area contributed by atoms with Gasteiger partial charge in [-0.1, -0.05) is 43.8 Å². The van der Waals surface area contributed by atoms with Crippen molar-refractivity contribution in [2.45, 2.75) is 31.7 Å². The summed E-state index contributed by atoms with van der Waals surface area (Å²) >= 11 is 1.22. The Morgan fingerprint density at radius 2 is 1.76 bits per heavy atom. The minimum absolute atomic E-state index is 0.119. The molecule has 0 spiro atoms. The molecule has 10 heteroatoms. The highest BCUT2D eigenvalue weighted by Crippen LogP contribution is 2.25. The van der Waals surface area contributed by atoms with Crippen LogP contribution < -0.4 is 25.4 Å². The van der Waals surface area contributed by atoms with E-state index in [1.54, 1.807) is 20.3 Å². The Morgan fingerprint density at radius 3 is 2.42 bits per heavy atom. The first-order valence-corrected chi connectivity index (χ1v) is 11.4. The summed E-state index contributed by atoms with van der Waals surface area (Å²) in [4.78, 5) is 12.6. The van der Waals surface area contributed by atoms with Crippen LogP contribution in [0.5, 0.6) is 17.2 Å². The minimum Gasteiger partial charge on any atom is -0.497 e. The van der Waals surface area contributed by atoms with E-state index in [1.807, 2.05) is 42.5 Å². The fourth-order valence-electron chi connectivity index (χ4n) is 3.13. The van der Waals surface area contributed by atoms with Gasteiger partial charge in [0, 0.05) is 6.07 Å². The summed E-state index contributed by atoms with van der Waals surface area (Å²) in [6.07, 6.45) is 0. The van der Waals surface area contributed by atoms with Gasteiger partial charge in [0.05, 0.1) is 26.0 Å². The van der Waals surface area contributed by atoms with Crippen LogP contribution in [0.3, 0.4) is 0 Å². The number of benzene rings is 2. The largest absolute Gasteiger partial charge is 0.497 e. The summed E-state index contributed by atoms with van der Waals surface area (Å²) in [6.45, 7) is 4.26. The number of rotatable bonds is 11. The average molecular weight is 472 g/mol. The number of thioether (sulfide) groups is 1. The third-order valence-corrected chi connectivity index (χ3v) is 5.88. The first-order chi connectivity index (χ1) is 15.9. The molecule has 0 saturated heterocycles. The molecule has 2 aromatic carbocycles. The van der Waals surface area contributed by atoms with Gasteiger partial charge in [-0.05, 0) is 35.7 Å². The summed E-state index contributed by atoms with van der Waals surface area (Å²) in [6, 6.07) is 14.8. The standard InChI is InChI=1S/C23H29N5O4S/c1-15(2)22(16-8-10-17(30-3)11-9-16)25-21(29)14-33-23-27-26-20(28(23)24)13-32-19-7-5-6-18(12-19)31-4/h5-12,15,22H,13-14,24H2,1-4H3,(H,25,29). The van der Waals surface area contributed by atoms with Crippen molar-refractivity contribution in [3.8, 4) is 17.2 Å². The maximum atomic E-state index is 12.6. The predicted octanol–water partition coefficient (Wildman–Crippen LogP) is 3.19. The van der Waals surface area contributed by atoms with Gasteiger partial charge in [-0.2, -0.15) is 0 Å². The van der Waals surface area contributed by atoms with Gasteiger partial charge >= 0.3 is 0 Å². The van der Waals surface area contributed by atoms with Crippen LogP contribution in [0.15, 0.2) is 53.7 Å². The Bertz CT molecular complexity index is 1060. The van der Waals surface area contributed by atoms with E-state index in [-0.39, 0.29) is 30.2 Å². The molecule has 33 heavy (non-hydrogen) atoms. The molecule has 1 amide bonds. The van der Waals surface area contributed by atoms with Crippen molar-refractivity contribution < 1.29 is 19.0 Å². The molecule has 0 aliphatic rings. The zero-order valence-corrected chi connectivity index (χ0v) is 20.0. The van der Waals surface area contributed by atoms with E-state index in [4.69, 9.17) is 20.1 Å². The first-order valence-electron chi connectivity index (χ1n) is 10.4. The molecule has 9 nitrogen and oxygen atoms in total. The van der Waals surface area contributed by atoms with Crippen LogP contribution in [0, 0.1) is 5.92 Å². The number of hydrogen-bond acceptors (Lipinski definition) is 8. The summed E-state index contributed by atoms with van der Waals surface area (Å²) in [5.74, 6) is 8.89. The second kappa shape index (κ2) is 11.5. The number of nitrogens with two attached hydrogens (primary N) is 1. The van der Waals surface area contributed by atoms with Crippen molar-refractivity contribution in [3.63, 3.8) is 0 Å². The van der Waals surface area contributed by atoms with Crippen molar-refractivity contribution in [2.24, 2.45) is 5.92 Å². The van der Waals surface area contributed by atoms with Gasteiger partial charge in [-0.25, -0.2) is 4.68 Å². The number of hydrogen-bond donors (Lipinski definition) is 2. The number of nitrogens with one attached hydrogen (secondary N) is 1. The van der Waals surface area contributed by atoms with E-state index < -0.39 is 0 Å². The highest BCUT2D eigenvalue weighted by atomic mass is 32.2. The molecule has 0 bridgehead atoms. The van der Waals surface area contributed by atoms with Crippen LogP contribution in [0.2, 0.25) is 0 Å². The maximum Gasteiger partial charge on any atom is 0.230 e. The lowest BCUT2D eigenvalue weighted by atomic mass is 9.96. The molecule has 1 unspecified atom stereocenters. The van der Waals surface area contributed by atoms with Crippen molar-refractivity contribution in [1.29, 1.82) is 0 Å². The Morgan fingerprint density at radius 1 is 1.06 bits per heavy atom. The van der Waals surface area contributed by atoms with Crippen molar-refractivity contribution >= 4 is 17.7 Å². The van der Waals surface area contributed by atoms with Gasteiger partial charge in [0.15, 0.2) is 5.82 Å². The molecule has 3 aromatic rings. The highest BCUT2D eigenvalue weighted by molar-refractivity contribution is 7.99. The molecule has 0 saturated carbocycles. The number of aromatic nitrogens is 3. The molecule has 3 N–H and O–H groups in total. The summed E-state index contributed by atoms with van der Waals surface area (Å²) in [5, 5.41) is 11.7. The van der Waals surface area contributed by atoms with Crippen molar-refractivity contribution in [3.05, 3.63) is 59.9 Å². The number of ether oxygens (including phenoxy) is 3. The number of nitrogen functional groups attached to an aromatic ring is 1. The van der Waals surface area contributed by atoms with Gasteiger partial charge in [-0.15, -0.1) is 10.2 Å². The third-order valence-electron chi connectivity index (χ3n) is 4.93. The van der Waals surface area contributed by atoms with E-state index >= 15 is 0 Å². The molecular weight excluding hydrogens is 442 g/mol. The summed E-state index contributed by atoms with van der Waals surface area (Å²) in [5.41, 5.74) is 1.02. The molecular formula is C23H29N5O4S. The van der Waals surface area contributed by atoms with Crippen molar-refractivity contribution in [2.75, 3.05) is 25.8 Å².